The Kier molecular flexibility index (Phi) is 5.33. The van der Waals surface area contributed by atoms with E-state index >= 15 is 0 Å². The molecule has 0 bridgehead atoms. The highest BCUT2D eigenvalue weighted by Crippen LogP contribution is 2.24. The average Bonchev–Trinajstić information content (AvgIpc) is 3.11. The summed E-state index contributed by atoms with van der Waals surface area (Å²) in [4.78, 5) is 25.9. The van der Waals surface area contributed by atoms with Crippen LogP contribution in [0.15, 0.2) is 22.8 Å². The molecule has 1 aromatic rings. The van der Waals surface area contributed by atoms with E-state index in [2.05, 4.69) is 15.5 Å². The van der Waals surface area contributed by atoms with E-state index in [-0.39, 0.29) is 23.8 Å². The van der Waals surface area contributed by atoms with Crippen LogP contribution in [0.4, 0.5) is 0 Å². The number of hydrogen-bond donors (Lipinski definition) is 2. The van der Waals surface area contributed by atoms with Crippen LogP contribution in [0.25, 0.3) is 0 Å². The van der Waals surface area contributed by atoms with E-state index in [1.165, 1.54) is 19.3 Å². The van der Waals surface area contributed by atoms with Gasteiger partial charge in [0.2, 0.25) is 11.8 Å². The zero-order valence-corrected chi connectivity index (χ0v) is 13.4. The zero-order valence-electron chi connectivity index (χ0n) is 13.4. The number of likely N-dealkylation sites (tertiary alicyclic amines) is 1. The molecule has 2 saturated heterocycles. The quantitative estimate of drug-likeness (QED) is 0.861. The second-order valence-electron chi connectivity index (χ2n) is 6.41. The summed E-state index contributed by atoms with van der Waals surface area (Å²) in [5, 5.41) is 5.82. The molecule has 1 aromatic heterocycles. The van der Waals surface area contributed by atoms with E-state index in [0.717, 1.165) is 18.8 Å². The molecule has 2 atom stereocenters. The fraction of sp³-hybridized carbons (Fsp3) is 0.647. The van der Waals surface area contributed by atoms with Crippen molar-refractivity contribution >= 4 is 11.8 Å². The molecule has 2 aliphatic rings. The lowest BCUT2D eigenvalue weighted by molar-refractivity contribution is -0.129. The van der Waals surface area contributed by atoms with Gasteiger partial charge in [-0.05, 0) is 44.5 Å². The summed E-state index contributed by atoms with van der Waals surface area (Å²) < 4.78 is 5.59. The van der Waals surface area contributed by atoms with E-state index in [1.54, 1.807) is 6.26 Å². The van der Waals surface area contributed by atoms with Gasteiger partial charge in [-0.25, -0.2) is 0 Å². The SMILES string of the molecule is O=C1CC[C@@H](C(=O)NC[C@H](c2ccco2)N2CCCCC2)CN1. The maximum Gasteiger partial charge on any atom is 0.224 e. The van der Waals surface area contributed by atoms with Crippen molar-refractivity contribution in [3.8, 4) is 0 Å². The first-order valence-electron chi connectivity index (χ1n) is 8.56. The minimum absolute atomic E-state index is 0.0264. The van der Waals surface area contributed by atoms with Crippen molar-refractivity contribution in [2.45, 2.75) is 38.1 Å². The summed E-state index contributed by atoms with van der Waals surface area (Å²) in [7, 11) is 0. The first-order chi connectivity index (χ1) is 11.2. The Morgan fingerprint density at radius 2 is 2.22 bits per heavy atom. The number of hydrogen-bond acceptors (Lipinski definition) is 4. The predicted molar refractivity (Wildman–Crippen MR) is 85.6 cm³/mol. The zero-order chi connectivity index (χ0) is 16.1. The van der Waals surface area contributed by atoms with Crippen molar-refractivity contribution in [2.75, 3.05) is 26.2 Å². The topological polar surface area (TPSA) is 74.6 Å². The highest BCUT2D eigenvalue weighted by atomic mass is 16.3. The lowest BCUT2D eigenvalue weighted by atomic mass is 9.98. The van der Waals surface area contributed by atoms with Gasteiger partial charge in [0.15, 0.2) is 0 Å². The summed E-state index contributed by atoms with van der Waals surface area (Å²) >= 11 is 0. The minimum atomic E-state index is -0.119. The fourth-order valence-corrected chi connectivity index (χ4v) is 3.42. The molecule has 2 amide bonds. The number of nitrogens with one attached hydrogen (secondary N) is 2. The summed E-state index contributed by atoms with van der Waals surface area (Å²) in [6.45, 7) is 3.08. The Labute approximate surface area is 136 Å². The molecule has 0 spiro atoms. The van der Waals surface area contributed by atoms with Crippen LogP contribution in [0, 0.1) is 5.92 Å². The van der Waals surface area contributed by atoms with Crippen LogP contribution < -0.4 is 10.6 Å². The second kappa shape index (κ2) is 7.64. The number of furan rings is 1. The van der Waals surface area contributed by atoms with Crippen LogP contribution >= 0.6 is 0 Å². The molecule has 0 saturated carbocycles. The monoisotopic (exact) mass is 319 g/mol. The number of nitrogens with zero attached hydrogens (tertiary/aromatic N) is 1. The van der Waals surface area contributed by atoms with Crippen molar-refractivity contribution < 1.29 is 14.0 Å². The molecule has 0 unspecified atom stereocenters. The summed E-state index contributed by atoms with van der Waals surface area (Å²) in [5.74, 6) is 0.852. The molecule has 126 valence electrons. The Bertz CT molecular complexity index is 513. The molecular formula is C17H25N3O3. The highest BCUT2D eigenvalue weighted by Gasteiger charge is 2.28. The Morgan fingerprint density at radius 1 is 1.39 bits per heavy atom. The lowest BCUT2D eigenvalue weighted by Crippen LogP contribution is -2.46. The summed E-state index contributed by atoms with van der Waals surface area (Å²) in [5.41, 5.74) is 0. The van der Waals surface area contributed by atoms with E-state index in [1.807, 2.05) is 12.1 Å². The maximum atomic E-state index is 12.4. The number of carbonyl (C=O) groups excluding carboxylic acids is 2. The molecule has 6 heteroatoms. The van der Waals surface area contributed by atoms with Crippen molar-refractivity contribution in [2.24, 2.45) is 5.92 Å². The molecular weight excluding hydrogens is 294 g/mol. The standard InChI is InChI=1S/C17H25N3O3/c21-16-7-6-13(11-18-16)17(22)19-12-14(15-5-4-10-23-15)20-8-2-1-3-9-20/h4-5,10,13-14H,1-3,6-9,11-12H2,(H,18,21)(H,19,22)/t13-,14-/m1/s1. The third kappa shape index (κ3) is 4.13. The summed E-state index contributed by atoms with van der Waals surface area (Å²) in [6, 6.07) is 3.96. The van der Waals surface area contributed by atoms with Gasteiger partial charge in [0.1, 0.15) is 5.76 Å². The molecule has 3 rings (SSSR count). The molecule has 2 aliphatic heterocycles. The molecule has 6 nitrogen and oxygen atoms in total. The van der Waals surface area contributed by atoms with E-state index in [9.17, 15) is 9.59 Å². The van der Waals surface area contributed by atoms with Gasteiger partial charge in [-0.3, -0.25) is 14.5 Å². The van der Waals surface area contributed by atoms with Gasteiger partial charge in [-0.15, -0.1) is 0 Å². The maximum absolute atomic E-state index is 12.4. The van der Waals surface area contributed by atoms with Crippen molar-refractivity contribution in [1.82, 2.24) is 15.5 Å². The molecule has 0 aliphatic carbocycles. The van der Waals surface area contributed by atoms with Crippen LogP contribution in [-0.2, 0) is 9.59 Å². The molecule has 0 radical (unpaired) electrons. The van der Waals surface area contributed by atoms with Crippen LogP contribution in [0.5, 0.6) is 0 Å². The smallest absolute Gasteiger partial charge is 0.224 e. The van der Waals surface area contributed by atoms with Crippen molar-refractivity contribution in [1.29, 1.82) is 0 Å². The van der Waals surface area contributed by atoms with Gasteiger partial charge in [0, 0.05) is 19.5 Å². The van der Waals surface area contributed by atoms with Gasteiger partial charge < -0.3 is 15.1 Å². The first kappa shape index (κ1) is 16.1. The van der Waals surface area contributed by atoms with Crippen LogP contribution in [0.2, 0.25) is 0 Å². The first-order valence-corrected chi connectivity index (χ1v) is 8.56. The summed E-state index contributed by atoms with van der Waals surface area (Å²) in [6.07, 6.45) is 6.42. The van der Waals surface area contributed by atoms with Crippen molar-refractivity contribution in [3.05, 3.63) is 24.2 Å². The van der Waals surface area contributed by atoms with Gasteiger partial charge in [0.25, 0.3) is 0 Å². The van der Waals surface area contributed by atoms with Gasteiger partial charge in [-0.2, -0.15) is 0 Å². The third-order valence-corrected chi connectivity index (χ3v) is 4.81. The number of amides is 2. The molecule has 3 heterocycles. The van der Waals surface area contributed by atoms with Crippen molar-refractivity contribution in [3.63, 3.8) is 0 Å². The van der Waals surface area contributed by atoms with Gasteiger partial charge in [-0.1, -0.05) is 6.42 Å². The van der Waals surface area contributed by atoms with E-state index in [0.29, 0.717) is 25.9 Å². The Balaban J connectivity index is 1.57. The molecule has 2 N–H and O–H groups in total. The van der Waals surface area contributed by atoms with E-state index < -0.39 is 0 Å². The molecule has 2 fully saturated rings. The molecule has 23 heavy (non-hydrogen) atoms. The number of carbonyl (C=O) groups is 2. The van der Waals surface area contributed by atoms with Crippen LogP contribution in [0.1, 0.15) is 43.9 Å². The predicted octanol–water partition coefficient (Wildman–Crippen LogP) is 1.45. The van der Waals surface area contributed by atoms with Crippen LogP contribution in [0.3, 0.4) is 0 Å². The number of rotatable bonds is 5. The number of piperidine rings is 2. The second-order valence-corrected chi connectivity index (χ2v) is 6.41. The fourth-order valence-electron chi connectivity index (χ4n) is 3.42. The van der Waals surface area contributed by atoms with Gasteiger partial charge in [0.05, 0.1) is 18.2 Å². The van der Waals surface area contributed by atoms with Crippen LogP contribution in [-0.4, -0.2) is 42.9 Å². The lowest BCUT2D eigenvalue weighted by Gasteiger charge is -2.34. The largest absolute Gasteiger partial charge is 0.468 e. The highest BCUT2D eigenvalue weighted by molar-refractivity contribution is 5.83. The Morgan fingerprint density at radius 3 is 2.87 bits per heavy atom. The van der Waals surface area contributed by atoms with Gasteiger partial charge >= 0.3 is 0 Å². The minimum Gasteiger partial charge on any atom is -0.468 e. The Hall–Kier alpha value is -1.82. The van der Waals surface area contributed by atoms with E-state index in [4.69, 9.17) is 4.42 Å². The average molecular weight is 319 g/mol. The molecule has 0 aromatic carbocycles. The third-order valence-electron chi connectivity index (χ3n) is 4.81. The normalized spacial score (nSPS) is 24.0.